The van der Waals surface area contributed by atoms with Crippen molar-refractivity contribution in [2.75, 3.05) is 5.32 Å². The average molecular weight is 389 g/mol. The van der Waals surface area contributed by atoms with E-state index in [2.05, 4.69) is 20.8 Å². The van der Waals surface area contributed by atoms with Crippen LogP contribution in [-0.2, 0) is 4.79 Å². The molecule has 0 unspecified atom stereocenters. The van der Waals surface area contributed by atoms with Crippen molar-refractivity contribution in [2.24, 2.45) is 0 Å². The number of nitrogens with zero attached hydrogens (tertiary/aromatic N) is 4. The molecule has 1 atom stereocenters. The lowest BCUT2D eigenvalue weighted by Gasteiger charge is -2.14. The Morgan fingerprint density at radius 3 is 2.52 bits per heavy atom. The summed E-state index contributed by atoms with van der Waals surface area (Å²) in [5.41, 5.74) is 3.05. The molecule has 1 amide bonds. The fourth-order valence-corrected chi connectivity index (χ4v) is 3.36. The molecular formula is C18H17F2N5OS. The SMILES string of the molecule is Cc1cccc(C)c1-n1nnnc1S[C@H](C)C(=O)Nc1ccc(F)c(F)c1. The number of halogens is 2. The highest BCUT2D eigenvalue weighted by atomic mass is 32.2. The molecule has 3 rings (SSSR count). The van der Waals surface area contributed by atoms with Crippen molar-refractivity contribution in [1.82, 2.24) is 20.2 Å². The second-order valence-electron chi connectivity index (χ2n) is 5.99. The van der Waals surface area contributed by atoms with Crippen LogP contribution in [0.1, 0.15) is 18.1 Å². The number of amides is 1. The van der Waals surface area contributed by atoms with Gasteiger partial charge in [-0.3, -0.25) is 4.79 Å². The minimum atomic E-state index is -1.02. The summed E-state index contributed by atoms with van der Waals surface area (Å²) >= 11 is 1.17. The summed E-state index contributed by atoms with van der Waals surface area (Å²) in [4.78, 5) is 12.4. The Hall–Kier alpha value is -2.81. The maximum Gasteiger partial charge on any atom is 0.237 e. The third-order valence-electron chi connectivity index (χ3n) is 3.93. The molecule has 1 aromatic heterocycles. The van der Waals surface area contributed by atoms with Crippen molar-refractivity contribution in [2.45, 2.75) is 31.2 Å². The van der Waals surface area contributed by atoms with E-state index in [1.54, 1.807) is 11.6 Å². The Labute approximate surface area is 159 Å². The van der Waals surface area contributed by atoms with Crippen LogP contribution in [0.15, 0.2) is 41.6 Å². The summed E-state index contributed by atoms with van der Waals surface area (Å²) in [6.07, 6.45) is 0. The number of hydrogen-bond donors (Lipinski definition) is 1. The summed E-state index contributed by atoms with van der Waals surface area (Å²) in [5.74, 6) is -2.36. The van der Waals surface area contributed by atoms with E-state index in [0.29, 0.717) is 5.16 Å². The minimum absolute atomic E-state index is 0.181. The molecule has 140 valence electrons. The number of carbonyl (C=O) groups excluding carboxylic acids is 1. The molecule has 0 spiro atoms. The minimum Gasteiger partial charge on any atom is -0.325 e. The number of carbonyl (C=O) groups is 1. The molecule has 1 heterocycles. The van der Waals surface area contributed by atoms with E-state index in [-0.39, 0.29) is 11.6 Å². The number of thioether (sulfide) groups is 1. The largest absolute Gasteiger partial charge is 0.325 e. The van der Waals surface area contributed by atoms with Crippen molar-refractivity contribution in [3.8, 4) is 5.69 Å². The first kappa shape index (κ1) is 19.0. The van der Waals surface area contributed by atoms with Gasteiger partial charge in [0.05, 0.1) is 10.9 Å². The summed E-state index contributed by atoms with van der Waals surface area (Å²) in [7, 11) is 0. The van der Waals surface area contributed by atoms with E-state index in [9.17, 15) is 13.6 Å². The molecular weight excluding hydrogens is 372 g/mol. The van der Waals surface area contributed by atoms with Crippen LogP contribution in [0.4, 0.5) is 14.5 Å². The van der Waals surface area contributed by atoms with Gasteiger partial charge in [0.2, 0.25) is 11.1 Å². The zero-order chi connectivity index (χ0) is 19.6. The van der Waals surface area contributed by atoms with Crippen molar-refractivity contribution in [3.05, 3.63) is 59.2 Å². The van der Waals surface area contributed by atoms with Crippen molar-refractivity contribution in [1.29, 1.82) is 0 Å². The Balaban J connectivity index is 1.77. The van der Waals surface area contributed by atoms with Gasteiger partial charge in [-0.25, -0.2) is 8.78 Å². The summed E-state index contributed by atoms with van der Waals surface area (Å²) in [5, 5.41) is 14.2. The van der Waals surface area contributed by atoms with Gasteiger partial charge in [-0.15, -0.1) is 5.10 Å². The van der Waals surface area contributed by atoms with Gasteiger partial charge in [-0.2, -0.15) is 4.68 Å². The molecule has 0 aliphatic rings. The predicted octanol–water partition coefficient (Wildman–Crippen LogP) is 3.68. The number of para-hydroxylation sites is 1. The molecule has 27 heavy (non-hydrogen) atoms. The summed E-state index contributed by atoms with van der Waals surface area (Å²) in [6, 6.07) is 9.06. The Morgan fingerprint density at radius 1 is 1.15 bits per heavy atom. The van der Waals surface area contributed by atoms with Gasteiger partial charge >= 0.3 is 0 Å². The lowest BCUT2D eigenvalue weighted by Crippen LogP contribution is -2.23. The van der Waals surface area contributed by atoms with Gasteiger partial charge in [0, 0.05) is 11.8 Å². The van der Waals surface area contributed by atoms with Crippen LogP contribution in [0.2, 0.25) is 0 Å². The second kappa shape index (κ2) is 7.83. The first-order valence-corrected chi connectivity index (χ1v) is 9.02. The van der Waals surface area contributed by atoms with E-state index in [0.717, 1.165) is 28.9 Å². The van der Waals surface area contributed by atoms with E-state index in [1.807, 2.05) is 32.0 Å². The van der Waals surface area contributed by atoms with E-state index >= 15 is 0 Å². The first-order valence-electron chi connectivity index (χ1n) is 8.14. The van der Waals surface area contributed by atoms with Gasteiger partial charge in [-0.05, 0) is 54.5 Å². The maximum absolute atomic E-state index is 13.3. The van der Waals surface area contributed by atoms with Gasteiger partial charge in [0.15, 0.2) is 11.6 Å². The lowest BCUT2D eigenvalue weighted by atomic mass is 10.1. The maximum atomic E-state index is 13.3. The van der Waals surface area contributed by atoms with Crippen LogP contribution >= 0.6 is 11.8 Å². The number of anilines is 1. The van der Waals surface area contributed by atoms with Crippen LogP contribution < -0.4 is 5.32 Å². The molecule has 6 nitrogen and oxygen atoms in total. The van der Waals surface area contributed by atoms with E-state index in [1.165, 1.54) is 17.8 Å². The summed E-state index contributed by atoms with van der Waals surface area (Å²) < 4.78 is 27.9. The highest BCUT2D eigenvalue weighted by Gasteiger charge is 2.21. The fourth-order valence-electron chi connectivity index (χ4n) is 2.56. The monoisotopic (exact) mass is 389 g/mol. The third-order valence-corrected chi connectivity index (χ3v) is 4.96. The molecule has 1 N–H and O–H groups in total. The first-order chi connectivity index (χ1) is 12.9. The molecule has 3 aromatic rings. The normalized spacial score (nSPS) is 12.0. The Morgan fingerprint density at radius 2 is 1.85 bits per heavy atom. The van der Waals surface area contributed by atoms with Crippen LogP contribution in [0, 0.1) is 25.5 Å². The number of benzene rings is 2. The Kier molecular flexibility index (Phi) is 5.50. The van der Waals surface area contributed by atoms with Crippen LogP contribution in [-0.4, -0.2) is 31.4 Å². The van der Waals surface area contributed by atoms with E-state index < -0.39 is 16.9 Å². The predicted molar refractivity (Wildman–Crippen MR) is 98.9 cm³/mol. The van der Waals surface area contributed by atoms with Gasteiger partial charge in [0.1, 0.15) is 0 Å². The molecule has 0 fully saturated rings. The average Bonchev–Trinajstić information content (AvgIpc) is 3.06. The molecule has 2 aromatic carbocycles. The summed E-state index contributed by atoms with van der Waals surface area (Å²) in [6.45, 7) is 5.60. The van der Waals surface area contributed by atoms with Gasteiger partial charge < -0.3 is 5.32 Å². The quantitative estimate of drug-likeness (QED) is 0.674. The highest BCUT2D eigenvalue weighted by molar-refractivity contribution is 8.00. The topological polar surface area (TPSA) is 72.7 Å². The number of hydrogen-bond acceptors (Lipinski definition) is 5. The number of aryl methyl sites for hydroxylation is 2. The van der Waals surface area contributed by atoms with Crippen LogP contribution in [0.5, 0.6) is 0 Å². The van der Waals surface area contributed by atoms with Gasteiger partial charge in [0.25, 0.3) is 0 Å². The van der Waals surface area contributed by atoms with Crippen molar-refractivity contribution >= 4 is 23.4 Å². The van der Waals surface area contributed by atoms with Crippen LogP contribution in [0.25, 0.3) is 5.69 Å². The standard InChI is InChI=1S/C18H17F2N5OS/c1-10-5-4-6-11(2)16(10)25-18(22-23-24-25)27-12(3)17(26)21-13-7-8-14(19)15(20)9-13/h4-9,12H,1-3H3,(H,21,26)/t12-/m1/s1. The van der Waals surface area contributed by atoms with Crippen LogP contribution in [0.3, 0.4) is 0 Å². The molecule has 0 aliphatic carbocycles. The highest BCUT2D eigenvalue weighted by Crippen LogP contribution is 2.27. The smallest absolute Gasteiger partial charge is 0.237 e. The molecule has 0 saturated carbocycles. The zero-order valence-electron chi connectivity index (χ0n) is 14.9. The molecule has 0 bridgehead atoms. The molecule has 9 heteroatoms. The zero-order valence-corrected chi connectivity index (χ0v) is 15.7. The van der Waals surface area contributed by atoms with Crippen molar-refractivity contribution < 1.29 is 13.6 Å². The third kappa shape index (κ3) is 4.13. The molecule has 0 radical (unpaired) electrons. The Bertz CT molecular complexity index is 971. The van der Waals surface area contributed by atoms with Crippen molar-refractivity contribution in [3.63, 3.8) is 0 Å². The number of tetrazole rings is 1. The van der Waals surface area contributed by atoms with E-state index in [4.69, 9.17) is 0 Å². The number of rotatable bonds is 5. The number of aromatic nitrogens is 4. The lowest BCUT2D eigenvalue weighted by molar-refractivity contribution is -0.115. The molecule has 0 saturated heterocycles. The fraction of sp³-hybridized carbons (Fsp3) is 0.222. The second-order valence-corrected chi connectivity index (χ2v) is 7.30. The molecule has 0 aliphatic heterocycles. The number of nitrogens with one attached hydrogen (secondary N) is 1. The van der Waals surface area contributed by atoms with Gasteiger partial charge in [-0.1, -0.05) is 30.0 Å².